The van der Waals surface area contributed by atoms with E-state index < -0.39 is 59.8 Å². The Kier molecular flexibility index (Phi) is 18.5. The number of esters is 1. The largest absolute Gasteiger partial charge is 0.456 e. The molecule has 13 nitrogen and oxygen atoms in total. The fourth-order valence-corrected chi connectivity index (χ4v) is 9.81. The Morgan fingerprint density at radius 2 is 1.73 bits per heavy atom. The molecule has 13 heteroatoms. The van der Waals surface area contributed by atoms with E-state index in [0.717, 1.165) is 17.6 Å². The van der Waals surface area contributed by atoms with Crippen LogP contribution in [-0.4, -0.2) is 116 Å². The molecule has 0 radical (unpaired) electrons. The molecule has 13 atom stereocenters. The third kappa shape index (κ3) is 12.2. The Morgan fingerprint density at radius 3 is 2.39 bits per heavy atom. The van der Waals surface area contributed by atoms with Crippen molar-refractivity contribution >= 4 is 29.9 Å². The van der Waals surface area contributed by atoms with Crippen molar-refractivity contribution in [1.82, 2.24) is 10.2 Å². The monoisotopic (exact) mass is 829 g/mol. The van der Waals surface area contributed by atoms with E-state index in [0.29, 0.717) is 70.8 Å². The molecule has 0 aromatic carbocycles. The molecular weight excluding hydrogens is 757 g/mol. The minimum atomic E-state index is -2.48. The number of cyclic esters (lactones) is 1. The van der Waals surface area contributed by atoms with Crippen LogP contribution in [0.3, 0.4) is 0 Å². The molecule has 2 bridgehead atoms. The van der Waals surface area contributed by atoms with Crippen molar-refractivity contribution in [2.45, 2.75) is 167 Å². The number of fused-ring (bicyclic) bond motifs is 3. The first-order chi connectivity index (χ1) is 28.1. The van der Waals surface area contributed by atoms with Crippen LogP contribution in [-0.2, 0) is 47.7 Å². The Morgan fingerprint density at radius 1 is 1.02 bits per heavy atom. The number of ether oxygens (including phenoxy) is 5. The van der Waals surface area contributed by atoms with Crippen molar-refractivity contribution < 1.29 is 52.8 Å². The van der Waals surface area contributed by atoms with Gasteiger partial charge in [0.05, 0.1) is 31.0 Å². The van der Waals surface area contributed by atoms with Crippen molar-refractivity contribution in [3.63, 3.8) is 0 Å². The fraction of sp³-hybridized carbons (Fsp3) is 0.761. The van der Waals surface area contributed by atoms with Crippen LogP contribution in [0.5, 0.6) is 0 Å². The molecule has 4 aliphatic rings. The standard InChI is InChI=1S/C46H72N2O11/c1-10-20-57-38-26-33(16-17-35(38)47-27-49)24-31(6)41-30(5)15-18-37(50)34(11-2)22-28(3)21-29(4)23-39(55-8)42-40(56-9)25-32(7)46(54,59-42)43(51)44(52)48-19-13-12-14-36(48)45(53)58-41/h10,22,24,27,29-30,32-36,38-42,54H,1,11-21,23,25-26H2,2-9H3,(H,47,49)/b28-22+,31-24?. The molecule has 59 heavy (non-hydrogen) atoms. The maximum absolute atomic E-state index is 14.4. The summed E-state index contributed by atoms with van der Waals surface area (Å²) in [6.45, 7) is 15.9. The van der Waals surface area contributed by atoms with Crippen molar-refractivity contribution in [3.05, 3.63) is 36.0 Å². The summed E-state index contributed by atoms with van der Waals surface area (Å²) in [5.41, 5.74) is 1.89. The predicted molar refractivity (Wildman–Crippen MR) is 223 cm³/mol. The minimum absolute atomic E-state index is 0.0648. The lowest BCUT2D eigenvalue weighted by Gasteiger charge is -2.47. The maximum atomic E-state index is 14.4. The first kappa shape index (κ1) is 48.4. The number of carbonyl (C=O) groups excluding carboxylic acids is 5. The number of hydrogen-bond acceptors (Lipinski definition) is 11. The lowest BCUT2D eigenvalue weighted by atomic mass is 9.81. The van der Waals surface area contributed by atoms with Gasteiger partial charge in [0.1, 0.15) is 24.0 Å². The lowest BCUT2D eigenvalue weighted by Crippen LogP contribution is -2.64. The summed E-state index contributed by atoms with van der Waals surface area (Å²) >= 11 is 0. The lowest BCUT2D eigenvalue weighted by molar-refractivity contribution is -0.302. The molecule has 3 aliphatic heterocycles. The molecule has 332 valence electrons. The van der Waals surface area contributed by atoms with Gasteiger partial charge in [0.2, 0.25) is 12.2 Å². The number of nitrogens with one attached hydrogen (secondary N) is 1. The minimum Gasteiger partial charge on any atom is -0.456 e. The zero-order chi connectivity index (χ0) is 43.4. The van der Waals surface area contributed by atoms with Gasteiger partial charge >= 0.3 is 5.97 Å². The van der Waals surface area contributed by atoms with Crippen LogP contribution in [0.4, 0.5) is 0 Å². The summed E-state index contributed by atoms with van der Waals surface area (Å²) < 4.78 is 30.5. The van der Waals surface area contributed by atoms with E-state index in [-0.39, 0.29) is 61.0 Å². The highest BCUT2D eigenvalue weighted by molar-refractivity contribution is 6.39. The third-order valence-electron chi connectivity index (χ3n) is 13.2. The van der Waals surface area contributed by atoms with E-state index in [4.69, 9.17) is 23.7 Å². The highest BCUT2D eigenvalue weighted by Crippen LogP contribution is 2.39. The maximum Gasteiger partial charge on any atom is 0.329 e. The molecule has 0 aromatic heterocycles. The number of hydrogen-bond donors (Lipinski definition) is 2. The third-order valence-corrected chi connectivity index (χ3v) is 13.2. The molecule has 0 aromatic rings. The highest BCUT2D eigenvalue weighted by atomic mass is 16.7. The second-order valence-electron chi connectivity index (χ2n) is 17.8. The number of Topliss-reactive ketones (excluding diaryl/α,β-unsaturated/α-hetero) is 2. The normalized spacial score (nSPS) is 38.6. The Bertz CT molecular complexity index is 1530. The second-order valence-corrected chi connectivity index (χ2v) is 17.8. The first-order valence-corrected chi connectivity index (χ1v) is 21.9. The number of allylic oxidation sites excluding steroid dienone is 3. The van der Waals surface area contributed by atoms with Crippen molar-refractivity contribution in [2.75, 3.05) is 27.4 Å². The van der Waals surface area contributed by atoms with Crippen LogP contribution in [0.25, 0.3) is 0 Å². The van der Waals surface area contributed by atoms with Gasteiger partial charge in [-0.25, -0.2) is 4.79 Å². The van der Waals surface area contributed by atoms with Gasteiger partial charge in [0.15, 0.2) is 0 Å². The first-order valence-electron chi connectivity index (χ1n) is 21.9. The topological polar surface area (TPSA) is 167 Å². The molecule has 4 rings (SSSR count). The smallest absolute Gasteiger partial charge is 0.329 e. The molecule has 2 amide bonds. The van der Waals surface area contributed by atoms with E-state index in [1.54, 1.807) is 27.2 Å². The zero-order valence-corrected chi connectivity index (χ0v) is 36.8. The van der Waals surface area contributed by atoms with Gasteiger partial charge < -0.3 is 39.0 Å². The van der Waals surface area contributed by atoms with Crippen LogP contribution in [0.1, 0.15) is 119 Å². The number of aliphatic hydroxyl groups is 1. The second kappa shape index (κ2) is 22.6. The quantitative estimate of drug-likeness (QED) is 0.118. The Balaban J connectivity index is 1.73. The molecular formula is C46H72N2O11. The van der Waals surface area contributed by atoms with Crippen molar-refractivity contribution in [2.24, 2.45) is 29.6 Å². The SMILES string of the molecule is C=CCOC1CC(C=C(C)C2OC(=O)C3CCCCN3C(=O)C(=O)C3(O)OC(C(OC)CC(C)C/C(C)=C/C(CC)C(=O)CCC2C)C(OC)CC3C)CCC1NC=O. The molecule has 13 unspecified atom stereocenters. The highest BCUT2D eigenvalue weighted by Gasteiger charge is 2.56. The predicted octanol–water partition coefficient (Wildman–Crippen LogP) is 5.81. The summed E-state index contributed by atoms with van der Waals surface area (Å²) in [5.74, 6) is -6.31. The summed E-state index contributed by atoms with van der Waals surface area (Å²) in [6.07, 6.45) is 10.1. The van der Waals surface area contributed by atoms with Crippen LogP contribution in [0, 0.1) is 29.6 Å². The van der Waals surface area contributed by atoms with Gasteiger partial charge in [0, 0.05) is 39.0 Å². The van der Waals surface area contributed by atoms with Crippen molar-refractivity contribution in [1.29, 1.82) is 0 Å². The fourth-order valence-electron chi connectivity index (χ4n) is 9.81. The van der Waals surface area contributed by atoms with Gasteiger partial charge in [0.25, 0.3) is 11.7 Å². The Labute approximate surface area is 352 Å². The average molecular weight is 829 g/mol. The summed E-state index contributed by atoms with van der Waals surface area (Å²) in [6, 6.07) is -1.19. The summed E-state index contributed by atoms with van der Waals surface area (Å²) in [5, 5.41) is 14.9. The average Bonchev–Trinajstić information content (AvgIpc) is 3.22. The van der Waals surface area contributed by atoms with Gasteiger partial charge in [-0.2, -0.15) is 0 Å². The number of nitrogens with zero attached hydrogens (tertiary/aromatic N) is 1. The van der Waals surface area contributed by atoms with Gasteiger partial charge in [-0.05, 0) is 108 Å². The number of ketones is 2. The summed E-state index contributed by atoms with van der Waals surface area (Å²) in [4.78, 5) is 69.3. The molecule has 1 saturated carbocycles. The van der Waals surface area contributed by atoms with E-state index in [1.807, 2.05) is 27.7 Å². The molecule has 2 N–H and O–H groups in total. The van der Waals surface area contributed by atoms with Crippen LogP contribution >= 0.6 is 0 Å². The van der Waals surface area contributed by atoms with E-state index >= 15 is 0 Å². The Hall–Kier alpha value is -3.23. The number of piperidine rings is 1. The van der Waals surface area contributed by atoms with Crippen LogP contribution < -0.4 is 5.32 Å². The molecule has 0 spiro atoms. The number of amides is 2. The number of carbonyl (C=O) groups is 5. The van der Waals surface area contributed by atoms with Gasteiger partial charge in [-0.3, -0.25) is 19.2 Å². The van der Waals surface area contributed by atoms with Gasteiger partial charge in [-0.15, -0.1) is 6.58 Å². The number of methoxy groups -OCH3 is 2. The zero-order valence-electron chi connectivity index (χ0n) is 36.8. The molecule has 1 aliphatic carbocycles. The van der Waals surface area contributed by atoms with Crippen molar-refractivity contribution in [3.8, 4) is 0 Å². The van der Waals surface area contributed by atoms with E-state index in [2.05, 4.69) is 31.0 Å². The number of rotatable bonds is 10. The summed E-state index contributed by atoms with van der Waals surface area (Å²) in [7, 11) is 3.10. The molecule has 2 saturated heterocycles. The van der Waals surface area contributed by atoms with Crippen LogP contribution in [0.15, 0.2) is 36.0 Å². The van der Waals surface area contributed by atoms with Crippen LogP contribution in [0.2, 0.25) is 0 Å². The molecule has 3 heterocycles. The van der Waals surface area contributed by atoms with E-state index in [9.17, 15) is 29.1 Å². The molecule has 3 fully saturated rings. The van der Waals surface area contributed by atoms with E-state index in [1.165, 1.54) is 4.90 Å². The van der Waals surface area contributed by atoms with Gasteiger partial charge in [-0.1, -0.05) is 51.5 Å².